The number of hydrogen-bond acceptors (Lipinski definition) is 4. The molecule has 0 saturated heterocycles. The Bertz CT molecular complexity index is 819. The lowest BCUT2D eigenvalue weighted by Crippen LogP contribution is -1.98. The van der Waals surface area contributed by atoms with Gasteiger partial charge < -0.3 is 5.32 Å². The molecule has 1 aromatic carbocycles. The van der Waals surface area contributed by atoms with E-state index in [9.17, 15) is 4.39 Å². The zero-order valence-corrected chi connectivity index (χ0v) is 13.3. The quantitative estimate of drug-likeness (QED) is 0.644. The number of anilines is 2. The summed E-state index contributed by atoms with van der Waals surface area (Å²) in [4.78, 5) is 10.3. The Morgan fingerprint density at radius 3 is 2.86 bits per heavy atom. The van der Waals surface area contributed by atoms with E-state index < -0.39 is 5.82 Å². The molecule has 3 aromatic rings. The number of halogens is 3. The lowest BCUT2D eigenvalue weighted by Gasteiger charge is -2.08. The number of benzene rings is 1. The molecule has 0 spiro atoms. The minimum absolute atomic E-state index is 0.0518. The van der Waals surface area contributed by atoms with Gasteiger partial charge in [0.2, 0.25) is 5.28 Å². The summed E-state index contributed by atoms with van der Waals surface area (Å²) in [6.07, 6.45) is 0.892. The van der Waals surface area contributed by atoms with Gasteiger partial charge in [-0.15, -0.1) is 11.3 Å². The molecule has 2 aromatic heterocycles. The molecule has 0 bridgehead atoms. The summed E-state index contributed by atoms with van der Waals surface area (Å²) in [5.41, 5.74) is 0.253. The first-order valence-corrected chi connectivity index (χ1v) is 7.82. The number of hydrogen-bond donors (Lipinski definition) is 1. The van der Waals surface area contributed by atoms with E-state index in [2.05, 4.69) is 22.2 Å². The molecule has 0 radical (unpaired) electrons. The van der Waals surface area contributed by atoms with E-state index in [1.54, 1.807) is 23.5 Å². The predicted molar refractivity (Wildman–Crippen MR) is 86.5 cm³/mol. The topological polar surface area (TPSA) is 37.8 Å². The fourth-order valence-electron chi connectivity index (χ4n) is 1.94. The van der Waals surface area contributed by atoms with Gasteiger partial charge >= 0.3 is 0 Å². The maximum absolute atomic E-state index is 14.0. The molecule has 21 heavy (non-hydrogen) atoms. The van der Waals surface area contributed by atoms with E-state index in [1.165, 1.54) is 6.07 Å². The molecule has 108 valence electrons. The van der Waals surface area contributed by atoms with Crippen molar-refractivity contribution in [3.8, 4) is 0 Å². The first-order chi connectivity index (χ1) is 10.1. The van der Waals surface area contributed by atoms with Crippen molar-refractivity contribution in [2.75, 3.05) is 5.32 Å². The van der Waals surface area contributed by atoms with Crippen LogP contribution in [-0.2, 0) is 6.42 Å². The first-order valence-electron chi connectivity index (χ1n) is 6.25. The van der Waals surface area contributed by atoms with Crippen LogP contribution >= 0.6 is 34.5 Å². The Balaban J connectivity index is 2.11. The van der Waals surface area contributed by atoms with Gasteiger partial charge in [0.25, 0.3) is 0 Å². The van der Waals surface area contributed by atoms with Crippen LogP contribution in [0.2, 0.25) is 10.3 Å². The van der Waals surface area contributed by atoms with Crippen molar-refractivity contribution in [3.63, 3.8) is 0 Å². The number of nitrogens with zero attached hydrogens (tertiary/aromatic N) is 2. The van der Waals surface area contributed by atoms with Gasteiger partial charge in [0.05, 0.1) is 16.1 Å². The zero-order chi connectivity index (χ0) is 15.0. The van der Waals surface area contributed by atoms with E-state index >= 15 is 0 Å². The van der Waals surface area contributed by atoms with Gasteiger partial charge in [0.1, 0.15) is 10.6 Å². The molecule has 0 aliphatic heterocycles. The molecule has 1 N–H and O–H groups in total. The maximum atomic E-state index is 14.0. The highest BCUT2D eigenvalue weighted by molar-refractivity contribution is 7.18. The van der Waals surface area contributed by atoms with Crippen molar-refractivity contribution in [1.29, 1.82) is 0 Å². The van der Waals surface area contributed by atoms with Crippen LogP contribution in [-0.4, -0.2) is 9.97 Å². The van der Waals surface area contributed by atoms with Crippen LogP contribution < -0.4 is 5.32 Å². The van der Waals surface area contributed by atoms with E-state index in [0.717, 1.165) is 21.5 Å². The van der Waals surface area contributed by atoms with E-state index in [1.807, 2.05) is 6.07 Å². The molecule has 0 saturated carbocycles. The SMILES string of the molecule is CCc1cc2c(Nc3cccc(Cl)c3F)nc(Cl)nc2s1. The molecule has 0 fully saturated rings. The normalized spacial score (nSPS) is 11.0. The average molecular weight is 342 g/mol. The largest absolute Gasteiger partial charge is 0.337 e. The van der Waals surface area contributed by atoms with E-state index in [4.69, 9.17) is 23.2 Å². The third kappa shape index (κ3) is 2.81. The van der Waals surface area contributed by atoms with Crippen molar-refractivity contribution in [2.45, 2.75) is 13.3 Å². The van der Waals surface area contributed by atoms with Crippen LogP contribution in [0.4, 0.5) is 15.9 Å². The van der Waals surface area contributed by atoms with Gasteiger partial charge in [0.15, 0.2) is 5.82 Å². The molecule has 0 amide bonds. The summed E-state index contributed by atoms with van der Waals surface area (Å²) in [5, 5.41) is 3.94. The number of aryl methyl sites for hydroxylation is 1. The Morgan fingerprint density at radius 2 is 2.10 bits per heavy atom. The van der Waals surface area contributed by atoms with Gasteiger partial charge in [-0.1, -0.05) is 24.6 Å². The van der Waals surface area contributed by atoms with Gasteiger partial charge in [-0.3, -0.25) is 0 Å². The summed E-state index contributed by atoms with van der Waals surface area (Å²) in [6, 6.07) is 6.74. The van der Waals surface area contributed by atoms with Crippen molar-refractivity contribution >= 4 is 56.3 Å². The molecule has 0 unspecified atom stereocenters. The minimum atomic E-state index is -0.520. The fraction of sp³-hybridized carbons (Fsp3) is 0.143. The van der Waals surface area contributed by atoms with Crippen molar-refractivity contribution in [2.24, 2.45) is 0 Å². The summed E-state index contributed by atoms with van der Waals surface area (Å²) in [5.74, 6) is -0.0462. The summed E-state index contributed by atoms with van der Waals surface area (Å²) >= 11 is 13.3. The molecule has 3 rings (SSSR count). The van der Waals surface area contributed by atoms with Crippen molar-refractivity contribution in [1.82, 2.24) is 9.97 Å². The van der Waals surface area contributed by atoms with Crippen molar-refractivity contribution in [3.05, 3.63) is 45.3 Å². The maximum Gasteiger partial charge on any atom is 0.225 e. The molecular weight excluding hydrogens is 332 g/mol. The first kappa shape index (κ1) is 14.5. The Labute approximate surface area is 134 Å². The van der Waals surface area contributed by atoms with E-state index in [0.29, 0.717) is 5.82 Å². The van der Waals surface area contributed by atoms with E-state index in [-0.39, 0.29) is 16.0 Å². The number of aromatic nitrogens is 2. The second-order valence-corrected chi connectivity index (χ2v) is 6.21. The average Bonchev–Trinajstić information content (AvgIpc) is 2.87. The second-order valence-electron chi connectivity index (χ2n) is 4.35. The molecule has 0 aliphatic carbocycles. The molecule has 7 heteroatoms. The Morgan fingerprint density at radius 1 is 1.29 bits per heavy atom. The van der Waals surface area contributed by atoms with Crippen LogP contribution in [0, 0.1) is 5.82 Å². The zero-order valence-electron chi connectivity index (χ0n) is 11.0. The van der Waals surface area contributed by atoms with Crippen LogP contribution in [0.1, 0.15) is 11.8 Å². The highest BCUT2D eigenvalue weighted by Gasteiger charge is 2.13. The van der Waals surface area contributed by atoms with Crippen LogP contribution in [0.25, 0.3) is 10.2 Å². The number of nitrogens with one attached hydrogen (secondary N) is 1. The third-order valence-electron chi connectivity index (χ3n) is 2.97. The van der Waals surface area contributed by atoms with Gasteiger partial charge in [-0.2, -0.15) is 4.98 Å². The number of thiophene rings is 1. The number of fused-ring (bicyclic) bond motifs is 1. The monoisotopic (exact) mass is 341 g/mol. The Kier molecular flexibility index (Phi) is 3.97. The molecule has 3 nitrogen and oxygen atoms in total. The summed E-state index contributed by atoms with van der Waals surface area (Å²) in [7, 11) is 0. The van der Waals surface area contributed by atoms with Gasteiger partial charge in [-0.25, -0.2) is 9.37 Å². The summed E-state index contributed by atoms with van der Waals surface area (Å²) < 4.78 is 14.0. The molecule has 0 aliphatic rings. The van der Waals surface area contributed by atoms with Crippen LogP contribution in [0.5, 0.6) is 0 Å². The van der Waals surface area contributed by atoms with Crippen LogP contribution in [0.3, 0.4) is 0 Å². The predicted octanol–water partition coefficient (Wildman–Crippen LogP) is 5.44. The fourth-order valence-corrected chi connectivity index (χ4v) is 3.30. The van der Waals surface area contributed by atoms with Crippen LogP contribution in [0.15, 0.2) is 24.3 Å². The molecule has 0 atom stereocenters. The summed E-state index contributed by atoms with van der Waals surface area (Å²) in [6.45, 7) is 2.06. The lowest BCUT2D eigenvalue weighted by molar-refractivity contribution is 0.632. The smallest absolute Gasteiger partial charge is 0.225 e. The molecule has 2 heterocycles. The Hall–Kier alpha value is -1.43. The van der Waals surface area contributed by atoms with Gasteiger partial charge in [-0.05, 0) is 36.2 Å². The highest BCUT2D eigenvalue weighted by Crippen LogP contribution is 2.33. The molecular formula is C14H10Cl2FN3S. The second kappa shape index (κ2) is 5.75. The van der Waals surface area contributed by atoms with Gasteiger partial charge in [0, 0.05) is 4.88 Å². The lowest BCUT2D eigenvalue weighted by atomic mass is 10.2. The number of rotatable bonds is 3. The third-order valence-corrected chi connectivity index (χ3v) is 4.60. The highest BCUT2D eigenvalue weighted by atomic mass is 35.5. The standard InChI is InChI=1S/C14H10Cl2FN3S/c1-2-7-6-8-12(19-14(16)20-13(8)21-7)18-10-5-3-4-9(15)11(10)17/h3-6H,2H2,1H3,(H,18,19,20). The van der Waals surface area contributed by atoms with Crippen molar-refractivity contribution < 1.29 is 4.39 Å². The minimum Gasteiger partial charge on any atom is -0.337 e.